The summed E-state index contributed by atoms with van der Waals surface area (Å²) in [7, 11) is 0. The minimum Gasteiger partial charge on any atom is -0.478 e. The standard InChI is InChI=1S/C18H23Cl2NO4/c19-14-6-5-12(11-15(14)20)25-17(18(22)23)13-3-1-2-4-16(13)21-7-9-24-10-8-21/h5-6,11,13,16-17H,1-4,7-10H2,(H,22,23). The second-order valence-corrected chi connectivity index (χ2v) is 7.43. The fourth-order valence-electron chi connectivity index (χ4n) is 3.87. The molecule has 2 aliphatic rings. The van der Waals surface area contributed by atoms with Gasteiger partial charge in [-0.2, -0.15) is 0 Å². The number of hydrogen-bond acceptors (Lipinski definition) is 4. The van der Waals surface area contributed by atoms with Crippen LogP contribution in [-0.4, -0.2) is 54.4 Å². The van der Waals surface area contributed by atoms with E-state index in [1.807, 2.05) is 0 Å². The lowest BCUT2D eigenvalue weighted by molar-refractivity contribution is -0.150. The van der Waals surface area contributed by atoms with Crippen molar-refractivity contribution >= 4 is 29.2 Å². The van der Waals surface area contributed by atoms with E-state index in [1.54, 1.807) is 18.2 Å². The summed E-state index contributed by atoms with van der Waals surface area (Å²) in [5.41, 5.74) is 0. The summed E-state index contributed by atoms with van der Waals surface area (Å²) < 4.78 is 11.3. The molecule has 3 rings (SSSR count). The summed E-state index contributed by atoms with van der Waals surface area (Å²) in [6, 6.07) is 5.07. The number of halogens is 2. The highest BCUT2D eigenvalue weighted by molar-refractivity contribution is 6.42. The molecule has 0 radical (unpaired) electrons. The second kappa shape index (κ2) is 8.58. The molecule has 7 heteroatoms. The van der Waals surface area contributed by atoms with E-state index in [2.05, 4.69) is 4.90 Å². The molecule has 0 bridgehead atoms. The van der Waals surface area contributed by atoms with Gasteiger partial charge in [0.05, 0.1) is 23.3 Å². The molecule has 1 aromatic carbocycles. The van der Waals surface area contributed by atoms with Gasteiger partial charge in [0.25, 0.3) is 0 Å². The molecule has 1 aliphatic heterocycles. The van der Waals surface area contributed by atoms with Crippen molar-refractivity contribution in [2.45, 2.75) is 37.8 Å². The van der Waals surface area contributed by atoms with E-state index in [4.69, 9.17) is 32.7 Å². The molecule has 5 nitrogen and oxygen atoms in total. The lowest BCUT2D eigenvalue weighted by Crippen LogP contribution is -2.53. The van der Waals surface area contributed by atoms with Crippen LogP contribution >= 0.6 is 23.2 Å². The van der Waals surface area contributed by atoms with Crippen LogP contribution in [0.3, 0.4) is 0 Å². The Kier molecular flexibility index (Phi) is 6.44. The quantitative estimate of drug-likeness (QED) is 0.833. The van der Waals surface area contributed by atoms with Crippen LogP contribution in [0.4, 0.5) is 0 Å². The molecule has 138 valence electrons. The van der Waals surface area contributed by atoms with Crippen LogP contribution < -0.4 is 4.74 Å². The SMILES string of the molecule is O=C(O)C(Oc1ccc(Cl)c(Cl)c1)C1CCCCC1N1CCOCC1. The van der Waals surface area contributed by atoms with Crippen LogP contribution in [0.15, 0.2) is 18.2 Å². The summed E-state index contributed by atoms with van der Waals surface area (Å²) in [5.74, 6) is -0.553. The van der Waals surface area contributed by atoms with E-state index in [1.165, 1.54) is 0 Å². The molecule has 3 unspecified atom stereocenters. The molecule has 1 N–H and O–H groups in total. The number of nitrogens with zero attached hydrogens (tertiary/aromatic N) is 1. The summed E-state index contributed by atoms with van der Waals surface area (Å²) >= 11 is 12.0. The molecule has 1 saturated heterocycles. The zero-order valence-electron chi connectivity index (χ0n) is 14.0. The first-order chi connectivity index (χ1) is 12.1. The van der Waals surface area contributed by atoms with Gasteiger partial charge in [0.1, 0.15) is 5.75 Å². The van der Waals surface area contributed by atoms with Gasteiger partial charge in [-0.15, -0.1) is 0 Å². The molecule has 25 heavy (non-hydrogen) atoms. The van der Waals surface area contributed by atoms with Crippen molar-refractivity contribution in [2.24, 2.45) is 5.92 Å². The Morgan fingerprint density at radius 2 is 1.92 bits per heavy atom. The predicted molar refractivity (Wildman–Crippen MR) is 96.7 cm³/mol. The van der Waals surface area contributed by atoms with Gasteiger partial charge in [-0.05, 0) is 25.0 Å². The maximum atomic E-state index is 12.0. The Morgan fingerprint density at radius 1 is 1.20 bits per heavy atom. The number of carboxylic acid groups (broad SMARTS) is 1. The van der Waals surface area contributed by atoms with Crippen LogP contribution in [0.5, 0.6) is 5.75 Å². The Bertz CT molecular complexity index is 607. The molecule has 1 aromatic rings. The van der Waals surface area contributed by atoms with Crippen LogP contribution in [0, 0.1) is 5.92 Å². The highest BCUT2D eigenvalue weighted by atomic mass is 35.5. The number of ether oxygens (including phenoxy) is 2. The molecule has 0 amide bonds. The number of benzene rings is 1. The smallest absolute Gasteiger partial charge is 0.345 e. The van der Waals surface area contributed by atoms with Crippen LogP contribution in [0.25, 0.3) is 0 Å². The fraction of sp³-hybridized carbons (Fsp3) is 0.611. The average Bonchev–Trinajstić information content (AvgIpc) is 2.63. The van der Waals surface area contributed by atoms with Gasteiger partial charge in [-0.25, -0.2) is 4.79 Å². The zero-order chi connectivity index (χ0) is 17.8. The van der Waals surface area contributed by atoms with E-state index in [9.17, 15) is 9.90 Å². The van der Waals surface area contributed by atoms with Crippen molar-refractivity contribution in [3.63, 3.8) is 0 Å². The lowest BCUT2D eigenvalue weighted by atomic mass is 9.79. The second-order valence-electron chi connectivity index (χ2n) is 6.62. The number of morpholine rings is 1. The van der Waals surface area contributed by atoms with E-state index in [0.717, 1.165) is 38.8 Å². The van der Waals surface area contributed by atoms with E-state index < -0.39 is 12.1 Å². The van der Waals surface area contributed by atoms with Gasteiger partial charge in [-0.1, -0.05) is 36.0 Å². The minimum absolute atomic E-state index is 0.0567. The van der Waals surface area contributed by atoms with Gasteiger partial charge < -0.3 is 14.6 Å². The third kappa shape index (κ3) is 4.59. The highest BCUT2D eigenvalue weighted by Gasteiger charge is 2.40. The number of rotatable bonds is 5. The molecule has 3 atom stereocenters. The first-order valence-electron chi connectivity index (χ1n) is 8.72. The number of aliphatic carboxylic acids is 1. The summed E-state index contributed by atoms with van der Waals surface area (Å²) in [6.07, 6.45) is 3.10. The summed E-state index contributed by atoms with van der Waals surface area (Å²) in [4.78, 5) is 14.3. The molecular weight excluding hydrogens is 365 g/mol. The monoisotopic (exact) mass is 387 g/mol. The Balaban J connectivity index is 1.79. The molecule has 1 aliphatic carbocycles. The first-order valence-corrected chi connectivity index (χ1v) is 9.48. The van der Waals surface area contributed by atoms with Gasteiger partial charge in [-0.3, -0.25) is 4.90 Å². The van der Waals surface area contributed by atoms with Crippen molar-refractivity contribution < 1.29 is 19.4 Å². The zero-order valence-corrected chi connectivity index (χ0v) is 15.5. The van der Waals surface area contributed by atoms with Crippen molar-refractivity contribution in [1.82, 2.24) is 4.90 Å². The number of carbonyl (C=O) groups is 1. The largest absolute Gasteiger partial charge is 0.478 e. The van der Waals surface area contributed by atoms with E-state index in [0.29, 0.717) is 29.0 Å². The Morgan fingerprint density at radius 3 is 2.60 bits per heavy atom. The van der Waals surface area contributed by atoms with E-state index in [-0.39, 0.29) is 12.0 Å². The van der Waals surface area contributed by atoms with Gasteiger partial charge in [0.15, 0.2) is 6.10 Å². The first kappa shape index (κ1) is 18.8. The predicted octanol–water partition coefficient (Wildman–Crippen LogP) is 3.72. The van der Waals surface area contributed by atoms with Crippen molar-refractivity contribution in [3.8, 4) is 5.75 Å². The van der Waals surface area contributed by atoms with Crippen LogP contribution in [0.1, 0.15) is 25.7 Å². The number of carboxylic acids is 1. The lowest BCUT2D eigenvalue weighted by Gasteiger charge is -2.43. The van der Waals surface area contributed by atoms with Crippen molar-refractivity contribution in [2.75, 3.05) is 26.3 Å². The molecule has 1 saturated carbocycles. The fourth-order valence-corrected chi connectivity index (χ4v) is 4.16. The molecule has 0 spiro atoms. The van der Waals surface area contributed by atoms with Gasteiger partial charge in [0, 0.05) is 31.1 Å². The van der Waals surface area contributed by atoms with Crippen molar-refractivity contribution in [3.05, 3.63) is 28.2 Å². The Labute approximate surface area is 157 Å². The van der Waals surface area contributed by atoms with Gasteiger partial charge >= 0.3 is 5.97 Å². The summed E-state index contributed by atoms with van der Waals surface area (Å²) in [5, 5.41) is 10.6. The molecule has 1 heterocycles. The normalized spacial score (nSPS) is 26.2. The summed E-state index contributed by atoms with van der Waals surface area (Å²) in [6.45, 7) is 3.10. The maximum Gasteiger partial charge on any atom is 0.345 e. The van der Waals surface area contributed by atoms with Crippen LogP contribution in [-0.2, 0) is 9.53 Å². The third-order valence-electron chi connectivity index (χ3n) is 5.08. The molecule has 0 aromatic heterocycles. The molecular formula is C18H23Cl2NO4. The topological polar surface area (TPSA) is 59.0 Å². The third-order valence-corrected chi connectivity index (χ3v) is 5.82. The maximum absolute atomic E-state index is 12.0. The van der Waals surface area contributed by atoms with E-state index >= 15 is 0 Å². The van der Waals surface area contributed by atoms with Crippen molar-refractivity contribution in [1.29, 1.82) is 0 Å². The average molecular weight is 388 g/mol. The van der Waals surface area contributed by atoms with Gasteiger partial charge in [0.2, 0.25) is 0 Å². The van der Waals surface area contributed by atoms with Crippen LogP contribution in [0.2, 0.25) is 10.0 Å². The highest BCUT2D eigenvalue weighted by Crippen LogP contribution is 2.34. The minimum atomic E-state index is -0.934. The molecule has 2 fully saturated rings. The number of hydrogen-bond donors (Lipinski definition) is 1. The Hall–Kier alpha value is -1.01.